The standard InChI is InChI=1S/C20H22N4/c1-3-15-8-10-16(11-9-15)18-12-19(17-7-5-4-6-14(17)2)24-20(23-18)21-13-22-24/h4-11,13,18-19H,3,12H2,1-2H3,(H,21,22,23)/t18-,19-/m0/s1. The van der Waals surface area contributed by atoms with Crippen molar-refractivity contribution in [3.63, 3.8) is 0 Å². The Morgan fingerprint density at radius 3 is 2.67 bits per heavy atom. The number of nitrogens with one attached hydrogen (secondary N) is 1. The predicted octanol–water partition coefficient (Wildman–Crippen LogP) is 4.30. The molecule has 0 aliphatic carbocycles. The van der Waals surface area contributed by atoms with Crippen LogP contribution in [0.1, 0.15) is 47.7 Å². The van der Waals surface area contributed by atoms with Crippen LogP contribution in [0.5, 0.6) is 0 Å². The normalized spacial score (nSPS) is 19.6. The molecule has 4 heteroatoms. The Morgan fingerprint density at radius 2 is 1.92 bits per heavy atom. The zero-order valence-corrected chi connectivity index (χ0v) is 14.1. The Morgan fingerprint density at radius 1 is 1.12 bits per heavy atom. The summed E-state index contributed by atoms with van der Waals surface area (Å²) in [6, 6.07) is 17.9. The maximum Gasteiger partial charge on any atom is 0.222 e. The van der Waals surface area contributed by atoms with E-state index >= 15 is 0 Å². The van der Waals surface area contributed by atoms with Crippen molar-refractivity contribution < 1.29 is 0 Å². The lowest BCUT2D eigenvalue weighted by Gasteiger charge is -2.32. The van der Waals surface area contributed by atoms with E-state index in [0.717, 1.165) is 18.8 Å². The van der Waals surface area contributed by atoms with Crippen molar-refractivity contribution in [1.82, 2.24) is 14.8 Å². The highest BCUT2D eigenvalue weighted by Gasteiger charge is 2.30. The highest BCUT2D eigenvalue weighted by atomic mass is 15.4. The third-order valence-corrected chi connectivity index (χ3v) is 4.97. The first kappa shape index (κ1) is 14.9. The van der Waals surface area contributed by atoms with E-state index in [-0.39, 0.29) is 12.1 Å². The minimum Gasteiger partial charge on any atom is -0.348 e. The second-order valence-electron chi connectivity index (χ2n) is 6.43. The minimum atomic E-state index is 0.209. The summed E-state index contributed by atoms with van der Waals surface area (Å²) in [6.45, 7) is 4.35. The summed E-state index contributed by atoms with van der Waals surface area (Å²) in [6.07, 6.45) is 3.67. The molecule has 1 aromatic heterocycles. The second kappa shape index (κ2) is 6.11. The Hall–Kier alpha value is -2.62. The number of fused-ring (bicyclic) bond motifs is 1. The third kappa shape index (κ3) is 2.58. The van der Waals surface area contributed by atoms with E-state index in [0.29, 0.717) is 0 Å². The van der Waals surface area contributed by atoms with Gasteiger partial charge in [-0.2, -0.15) is 10.1 Å². The summed E-state index contributed by atoms with van der Waals surface area (Å²) in [5.41, 5.74) is 5.29. The van der Waals surface area contributed by atoms with Crippen molar-refractivity contribution in [2.45, 2.75) is 38.8 Å². The van der Waals surface area contributed by atoms with Gasteiger partial charge in [0.25, 0.3) is 0 Å². The maximum atomic E-state index is 4.45. The van der Waals surface area contributed by atoms with Gasteiger partial charge in [0.15, 0.2) is 0 Å². The summed E-state index contributed by atoms with van der Waals surface area (Å²) < 4.78 is 2.01. The van der Waals surface area contributed by atoms with Gasteiger partial charge in [0.1, 0.15) is 6.33 Å². The molecule has 1 N–H and O–H groups in total. The summed E-state index contributed by atoms with van der Waals surface area (Å²) in [7, 11) is 0. The number of benzene rings is 2. The molecule has 1 aliphatic heterocycles. The van der Waals surface area contributed by atoms with Gasteiger partial charge < -0.3 is 5.32 Å². The summed E-state index contributed by atoms with van der Waals surface area (Å²) >= 11 is 0. The highest BCUT2D eigenvalue weighted by Crippen LogP contribution is 2.38. The van der Waals surface area contributed by atoms with Crippen molar-refractivity contribution in [2.24, 2.45) is 0 Å². The molecule has 0 fully saturated rings. The molecule has 2 heterocycles. The molecule has 0 saturated heterocycles. The van der Waals surface area contributed by atoms with Crippen LogP contribution in [0.2, 0.25) is 0 Å². The molecular weight excluding hydrogens is 296 g/mol. The van der Waals surface area contributed by atoms with Crippen LogP contribution < -0.4 is 5.32 Å². The molecule has 0 spiro atoms. The number of aryl methyl sites for hydroxylation is 2. The smallest absolute Gasteiger partial charge is 0.222 e. The van der Waals surface area contributed by atoms with Crippen LogP contribution in [0.25, 0.3) is 0 Å². The van der Waals surface area contributed by atoms with E-state index in [4.69, 9.17) is 0 Å². The van der Waals surface area contributed by atoms with Crippen molar-refractivity contribution in [1.29, 1.82) is 0 Å². The first-order chi connectivity index (χ1) is 11.8. The van der Waals surface area contributed by atoms with Crippen LogP contribution in [0.3, 0.4) is 0 Å². The Bertz CT molecular complexity index is 835. The lowest BCUT2D eigenvalue weighted by atomic mass is 9.91. The van der Waals surface area contributed by atoms with Crippen molar-refractivity contribution in [2.75, 3.05) is 5.32 Å². The van der Waals surface area contributed by atoms with Crippen LogP contribution >= 0.6 is 0 Å². The van der Waals surface area contributed by atoms with Gasteiger partial charge in [-0.1, -0.05) is 55.5 Å². The maximum absolute atomic E-state index is 4.45. The van der Waals surface area contributed by atoms with Gasteiger partial charge in [-0.3, -0.25) is 0 Å². The molecule has 4 rings (SSSR count). The monoisotopic (exact) mass is 318 g/mol. The average molecular weight is 318 g/mol. The number of hydrogen-bond donors (Lipinski definition) is 1. The first-order valence-corrected chi connectivity index (χ1v) is 8.56. The summed E-state index contributed by atoms with van der Waals surface area (Å²) in [4.78, 5) is 4.41. The van der Waals surface area contributed by atoms with Crippen molar-refractivity contribution in [3.05, 3.63) is 77.1 Å². The number of hydrogen-bond acceptors (Lipinski definition) is 3. The van der Waals surface area contributed by atoms with Gasteiger partial charge in [0, 0.05) is 0 Å². The fourth-order valence-electron chi connectivity index (χ4n) is 3.54. The van der Waals surface area contributed by atoms with Gasteiger partial charge in [0.05, 0.1) is 12.1 Å². The van der Waals surface area contributed by atoms with Crippen LogP contribution in [0, 0.1) is 6.92 Å². The predicted molar refractivity (Wildman–Crippen MR) is 96.1 cm³/mol. The zero-order valence-electron chi connectivity index (χ0n) is 14.1. The van der Waals surface area contributed by atoms with Gasteiger partial charge in [-0.25, -0.2) is 4.68 Å². The van der Waals surface area contributed by atoms with Crippen LogP contribution in [-0.2, 0) is 6.42 Å². The minimum absolute atomic E-state index is 0.209. The second-order valence-corrected chi connectivity index (χ2v) is 6.43. The lowest BCUT2D eigenvalue weighted by molar-refractivity contribution is 0.429. The average Bonchev–Trinajstić information content (AvgIpc) is 3.10. The van der Waals surface area contributed by atoms with E-state index in [1.54, 1.807) is 6.33 Å². The largest absolute Gasteiger partial charge is 0.348 e. The van der Waals surface area contributed by atoms with E-state index in [1.807, 2.05) is 4.68 Å². The number of nitrogens with zero attached hydrogens (tertiary/aromatic N) is 3. The Balaban J connectivity index is 1.72. The van der Waals surface area contributed by atoms with Gasteiger partial charge >= 0.3 is 0 Å². The third-order valence-electron chi connectivity index (χ3n) is 4.97. The molecule has 3 aromatic rings. The Kier molecular flexibility index (Phi) is 3.81. The summed E-state index contributed by atoms with van der Waals surface area (Å²) in [5.74, 6) is 0.846. The van der Waals surface area contributed by atoms with Gasteiger partial charge in [-0.05, 0) is 42.0 Å². The van der Waals surface area contributed by atoms with E-state index in [2.05, 4.69) is 77.8 Å². The van der Waals surface area contributed by atoms with Gasteiger partial charge in [0.2, 0.25) is 5.95 Å². The molecule has 2 aromatic carbocycles. The molecule has 0 bridgehead atoms. The molecule has 0 saturated carbocycles. The fraction of sp³-hybridized carbons (Fsp3) is 0.300. The Labute approximate surface area is 142 Å². The molecule has 1 aliphatic rings. The quantitative estimate of drug-likeness (QED) is 0.783. The van der Waals surface area contributed by atoms with E-state index < -0.39 is 0 Å². The van der Waals surface area contributed by atoms with Crippen LogP contribution in [-0.4, -0.2) is 14.8 Å². The van der Waals surface area contributed by atoms with E-state index in [9.17, 15) is 0 Å². The zero-order chi connectivity index (χ0) is 16.5. The lowest BCUT2D eigenvalue weighted by Crippen LogP contribution is -2.28. The first-order valence-electron chi connectivity index (χ1n) is 8.56. The molecule has 0 unspecified atom stereocenters. The molecule has 122 valence electrons. The topological polar surface area (TPSA) is 42.7 Å². The van der Waals surface area contributed by atoms with Crippen molar-refractivity contribution in [3.8, 4) is 0 Å². The number of rotatable bonds is 3. The molecule has 0 radical (unpaired) electrons. The molecule has 24 heavy (non-hydrogen) atoms. The molecule has 0 amide bonds. The summed E-state index contributed by atoms with van der Waals surface area (Å²) in [5, 5.41) is 7.99. The van der Waals surface area contributed by atoms with E-state index in [1.165, 1.54) is 22.3 Å². The molecule has 2 atom stereocenters. The number of aromatic nitrogens is 3. The molecule has 4 nitrogen and oxygen atoms in total. The SMILES string of the molecule is CCc1ccc([C@@H]2C[C@@H](c3ccccc3C)n3ncnc3N2)cc1. The van der Waals surface area contributed by atoms with Gasteiger partial charge in [-0.15, -0.1) is 0 Å². The highest BCUT2D eigenvalue weighted by molar-refractivity contribution is 5.40. The van der Waals surface area contributed by atoms with Crippen LogP contribution in [0.15, 0.2) is 54.9 Å². The van der Waals surface area contributed by atoms with Crippen LogP contribution in [0.4, 0.5) is 5.95 Å². The fourth-order valence-corrected chi connectivity index (χ4v) is 3.54. The van der Waals surface area contributed by atoms with Crippen molar-refractivity contribution >= 4 is 5.95 Å². The molecular formula is C20H22N4. The number of anilines is 1.